The highest BCUT2D eigenvalue weighted by atomic mass is 16.5. The maximum absolute atomic E-state index is 13.8. The van der Waals surface area contributed by atoms with Crippen LogP contribution in [0.25, 0.3) is 0 Å². The van der Waals surface area contributed by atoms with Crippen LogP contribution in [0.5, 0.6) is 23.0 Å². The Kier molecular flexibility index (Phi) is 21.4. The molecule has 0 aromatic heterocycles. The Morgan fingerprint density at radius 1 is 0.696 bits per heavy atom. The largest absolute Gasteiger partial charge is 0.496 e. The topological polar surface area (TPSA) is 54.0 Å². The number of fused-ring (bicyclic) bond motifs is 1. The predicted octanol–water partition coefficient (Wildman–Crippen LogP) is 12.1. The average Bonchev–Trinajstić information content (AvgIpc) is 3.19. The number of carbonyl (C=O) groups is 1. The van der Waals surface area contributed by atoms with Crippen molar-refractivity contribution in [3.8, 4) is 23.0 Å². The monoisotopic (exact) mass is 779 g/mol. The first kappa shape index (κ1) is 47.3. The summed E-state index contributed by atoms with van der Waals surface area (Å²) >= 11 is 0. The number of allylic oxidation sites excluding steroid dienone is 2. The number of carbonyl (C=O) groups excluding carboxylic acids is 1. The summed E-state index contributed by atoms with van der Waals surface area (Å²) in [6.07, 6.45) is 19.7. The maximum atomic E-state index is 13.8. The SMILES string of the molecule is CCCC[N+](C)(CCCC)CCCCCOc1ccc(C2CC(=O)c3c(OC)cc(OCCCCC[N+](C)(CCCC)CCCC)c(CC=C(C)C)c3O2)cc1. The first-order valence-corrected chi connectivity index (χ1v) is 22.6. The van der Waals surface area contributed by atoms with Gasteiger partial charge in [0, 0.05) is 11.6 Å². The second-order valence-electron chi connectivity index (χ2n) is 17.4. The first-order chi connectivity index (χ1) is 27.0. The van der Waals surface area contributed by atoms with Gasteiger partial charge in [-0.3, -0.25) is 4.79 Å². The van der Waals surface area contributed by atoms with Crippen LogP contribution in [0, 0.1) is 0 Å². The minimum atomic E-state index is -0.393. The summed E-state index contributed by atoms with van der Waals surface area (Å²) in [6, 6.07) is 10.0. The molecule has 0 N–H and O–H groups in total. The molecular weight excluding hydrogens is 697 g/mol. The Morgan fingerprint density at radius 2 is 1.20 bits per heavy atom. The molecule has 0 bridgehead atoms. The van der Waals surface area contributed by atoms with Crippen molar-refractivity contribution < 1.29 is 32.7 Å². The molecule has 1 heterocycles. The van der Waals surface area contributed by atoms with Crippen molar-refractivity contribution in [1.29, 1.82) is 0 Å². The van der Waals surface area contributed by atoms with E-state index in [1.807, 2.05) is 30.3 Å². The van der Waals surface area contributed by atoms with E-state index in [-0.39, 0.29) is 12.2 Å². The van der Waals surface area contributed by atoms with Crippen LogP contribution in [-0.4, -0.2) is 88.4 Å². The van der Waals surface area contributed by atoms with Gasteiger partial charge in [-0.15, -0.1) is 0 Å². The van der Waals surface area contributed by atoms with E-state index < -0.39 is 6.10 Å². The van der Waals surface area contributed by atoms with Crippen LogP contribution in [0.3, 0.4) is 0 Å². The second kappa shape index (κ2) is 25.4. The molecule has 0 saturated heterocycles. The number of nitrogens with zero attached hydrogens (tertiary/aromatic N) is 2. The van der Waals surface area contributed by atoms with Crippen molar-refractivity contribution in [2.45, 2.75) is 150 Å². The number of benzene rings is 2. The molecule has 1 unspecified atom stereocenters. The molecule has 0 fully saturated rings. The first-order valence-electron chi connectivity index (χ1n) is 22.6. The van der Waals surface area contributed by atoms with Gasteiger partial charge >= 0.3 is 0 Å². The van der Waals surface area contributed by atoms with Crippen molar-refractivity contribution in [1.82, 2.24) is 0 Å². The molecule has 56 heavy (non-hydrogen) atoms. The number of methoxy groups -OCH3 is 1. The quantitative estimate of drug-likeness (QED) is 0.0449. The summed E-state index contributed by atoms with van der Waals surface area (Å²) in [5.74, 6) is 2.75. The van der Waals surface area contributed by atoms with Crippen LogP contribution in [0.2, 0.25) is 0 Å². The molecule has 1 aliphatic rings. The van der Waals surface area contributed by atoms with Crippen LogP contribution < -0.4 is 18.9 Å². The Hall–Kier alpha value is -3.03. The van der Waals surface area contributed by atoms with Gasteiger partial charge in [0.05, 0.1) is 80.1 Å². The standard InChI is InChI=1S/C49H82N2O5/c1-10-14-30-50(7,31-15-11-2)34-20-18-22-36-54-42-27-25-41(26-28-42)45-38-44(52)48-47(53-9)39-46(43(49(48)56-45)29-24-40(5)6)55-37-23-19-21-35-51(8,32-16-12-3)33-17-13-4/h24-28,39,45H,10-23,29-38H2,1-9H3/q+2. The number of ether oxygens (including phenoxy) is 4. The van der Waals surface area contributed by atoms with E-state index in [9.17, 15) is 4.79 Å². The number of rotatable bonds is 30. The van der Waals surface area contributed by atoms with Crippen LogP contribution in [0.15, 0.2) is 42.0 Å². The van der Waals surface area contributed by atoms with E-state index in [0.717, 1.165) is 41.9 Å². The lowest BCUT2D eigenvalue weighted by molar-refractivity contribution is -0.910. The highest BCUT2D eigenvalue weighted by Gasteiger charge is 2.34. The normalized spacial score (nSPS) is 14.3. The highest BCUT2D eigenvalue weighted by molar-refractivity contribution is 6.03. The van der Waals surface area contributed by atoms with E-state index in [4.69, 9.17) is 18.9 Å². The maximum Gasteiger partial charge on any atom is 0.174 e. The van der Waals surface area contributed by atoms with Crippen LogP contribution in [0.1, 0.15) is 165 Å². The molecule has 316 valence electrons. The number of ketones is 1. The zero-order valence-corrected chi connectivity index (χ0v) is 37.4. The molecule has 0 aliphatic carbocycles. The summed E-state index contributed by atoms with van der Waals surface area (Å²) in [6.45, 7) is 22.3. The van der Waals surface area contributed by atoms with Gasteiger partial charge < -0.3 is 27.9 Å². The summed E-state index contributed by atoms with van der Waals surface area (Å²) in [7, 11) is 6.51. The van der Waals surface area contributed by atoms with Crippen LogP contribution in [0.4, 0.5) is 0 Å². The van der Waals surface area contributed by atoms with Gasteiger partial charge in [0.25, 0.3) is 0 Å². The van der Waals surface area contributed by atoms with Crippen molar-refractivity contribution in [3.63, 3.8) is 0 Å². The fourth-order valence-electron chi connectivity index (χ4n) is 8.00. The molecule has 1 atom stereocenters. The third-order valence-corrected chi connectivity index (χ3v) is 11.8. The lowest BCUT2D eigenvalue weighted by Crippen LogP contribution is -2.46. The van der Waals surface area contributed by atoms with Crippen molar-refractivity contribution in [2.24, 2.45) is 0 Å². The molecule has 1 aliphatic heterocycles. The molecule has 0 amide bonds. The predicted molar refractivity (Wildman–Crippen MR) is 235 cm³/mol. The molecule has 0 saturated carbocycles. The Bertz CT molecular complexity index is 1430. The summed E-state index contributed by atoms with van der Waals surface area (Å²) in [5, 5.41) is 0. The van der Waals surface area contributed by atoms with E-state index >= 15 is 0 Å². The van der Waals surface area contributed by atoms with Gasteiger partial charge in [0.1, 0.15) is 34.7 Å². The zero-order valence-electron chi connectivity index (χ0n) is 37.4. The summed E-state index contributed by atoms with van der Waals surface area (Å²) < 4.78 is 27.6. The van der Waals surface area contributed by atoms with Gasteiger partial charge in [0.2, 0.25) is 0 Å². The van der Waals surface area contributed by atoms with E-state index in [2.05, 4.69) is 61.7 Å². The minimum absolute atomic E-state index is 0.0323. The lowest BCUT2D eigenvalue weighted by Gasteiger charge is -2.35. The van der Waals surface area contributed by atoms with Gasteiger partial charge in [0.15, 0.2) is 5.78 Å². The third-order valence-electron chi connectivity index (χ3n) is 11.8. The summed E-state index contributed by atoms with van der Waals surface area (Å²) in [4.78, 5) is 13.8. The smallest absolute Gasteiger partial charge is 0.174 e. The van der Waals surface area contributed by atoms with E-state index in [1.165, 1.54) is 124 Å². The van der Waals surface area contributed by atoms with Crippen LogP contribution >= 0.6 is 0 Å². The molecule has 3 rings (SSSR count). The zero-order chi connectivity index (χ0) is 40.8. The molecule has 0 radical (unpaired) electrons. The third kappa shape index (κ3) is 15.7. The molecule has 0 spiro atoms. The summed E-state index contributed by atoms with van der Waals surface area (Å²) in [5.41, 5.74) is 3.62. The Balaban J connectivity index is 1.63. The fraction of sp³-hybridized carbons (Fsp3) is 0.694. The van der Waals surface area contributed by atoms with Gasteiger partial charge in [-0.1, -0.05) is 77.2 Å². The average molecular weight is 779 g/mol. The molecule has 7 nitrogen and oxygen atoms in total. The van der Waals surface area contributed by atoms with Gasteiger partial charge in [-0.2, -0.15) is 0 Å². The highest BCUT2D eigenvalue weighted by Crippen LogP contribution is 2.46. The lowest BCUT2D eigenvalue weighted by atomic mass is 9.92. The fourth-order valence-corrected chi connectivity index (χ4v) is 8.00. The second-order valence-corrected chi connectivity index (χ2v) is 17.4. The minimum Gasteiger partial charge on any atom is -0.496 e. The van der Waals surface area contributed by atoms with Crippen molar-refractivity contribution >= 4 is 5.78 Å². The number of quaternary nitrogens is 2. The number of hydrogen-bond acceptors (Lipinski definition) is 5. The molecule has 2 aromatic rings. The molecule has 7 heteroatoms. The molecule has 2 aromatic carbocycles. The van der Waals surface area contributed by atoms with Crippen molar-refractivity contribution in [2.75, 3.05) is 73.7 Å². The van der Waals surface area contributed by atoms with E-state index in [0.29, 0.717) is 36.7 Å². The Morgan fingerprint density at radius 3 is 1.68 bits per heavy atom. The Labute approximate surface area is 343 Å². The number of Topliss-reactive ketones (excluding diaryl/α,β-unsaturated/α-hetero) is 1. The van der Waals surface area contributed by atoms with Crippen LogP contribution in [-0.2, 0) is 6.42 Å². The van der Waals surface area contributed by atoms with E-state index in [1.54, 1.807) is 7.11 Å². The van der Waals surface area contributed by atoms with Gasteiger partial charge in [-0.25, -0.2) is 0 Å². The van der Waals surface area contributed by atoms with Crippen molar-refractivity contribution in [3.05, 3.63) is 58.7 Å². The van der Waals surface area contributed by atoms with Gasteiger partial charge in [-0.05, 0) is 102 Å². The number of unbranched alkanes of at least 4 members (excludes halogenated alkanes) is 8. The number of hydrogen-bond donors (Lipinski definition) is 0. The molecular formula is C49H82N2O5+2.